The average molecular weight is 484 g/mol. The molecule has 2 aliphatic rings. The Bertz CT molecular complexity index is 1110. The summed E-state index contributed by atoms with van der Waals surface area (Å²) in [4.78, 5) is 39.6. The minimum absolute atomic E-state index is 0.0316. The molecule has 0 aromatic heterocycles. The van der Waals surface area contributed by atoms with E-state index in [1.54, 1.807) is 48.3 Å². The van der Waals surface area contributed by atoms with Crippen molar-refractivity contribution >= 4 is 23.5 Å². The summed E-state index contributed by atoms with van der Waals surface area (Å²) in [5.74, 6) is -0.470. The minimum atomic E-state index is -1.07. The lowest BCUT2D eigenvalue weighted by Crippen LogP contribution is -2.39. The van der Waals surface area contributed by atoms with Gasteiger partial charge in [0, 0.05) is 26.7 Å². The van der Waals surface area contributed by atoms with Crippen LogP contribution in [0.4, 0.5) is 5.69 Å². The van der Waals surface area contributed by atoms with Crippen molar-refractivity contribution in [2.24, 2.45) is 0 Å². The topological polar surface area (TPSA) is 129 Å². The molecular weight excluding hydrogens is 454 g/mol. The SMILES string of the molecule is CN(C(=O)Cc1ccc2c(c1)NC(=O)CO2)C(CN1CC[C@H](O)C1)c1cccc(OCC(=O)O)c1. The van der Waals surface area contributed by atoms with Gasteiger partial charge in [-0.3, -0.25) is 14.5 Å². The number of hydrogen-bond donors (Lipinski definition) is 3. The number of amides is 2. The number of carbonyl (C=O) groups excluding carboxylic acids is 2. The number of benzene rings is 2. The molecule has 2 amide bonds. The first-order valence-electron chi connectivity index (χ1n) is 11.4. The number of carbonyl (C=O) groups is 3. The van der Waals surface area contributed by atoms with Crippen LogP contribution >= 0.6 is 0 Å². The average Bonchev–Trinajstić information content (AvgIpc) is 3.25. The second kappa shape index (κ2) is 10.7. The van der Waals surface area contributed by atoms with Crippen LogP contribution in [0.1, 0.15) is 23.6 Å². The molecular formula is C25H29N3O7. The Hall–Kier alpha value is -3.63. The molecule has 1 saturated heterocycles. The molecule has 0 aliphatic carbocycles. The highest BCUT2D eigenvalue weighted by Gasteiger charge is 2.29. The summed E-state index contributed by atoms with van der Waals surface area (Å²) < 4.78 is 10.7. The lowest BCUT2D eigenvalue weighted by atomic mass is 10.0. The zero-order valence-corrected chi connectivity index (χ0v) is 19.5. The van der Waals surface area contributed by atoms with Crippen LogP contribution in [0.15, 0.2) is 42.5 Å². The fourth-order valence-electron chi connectivity index (χ4n) is 4.34. The number of rotatable bonds is 9. The number of nitrogens with one attached hydrogen (secondary N) is 1. The lowest BCUT2D eigenvalue weighted by Gasteiger charge is -2.32. The number of likely N-dealkylation sites (N-methyl/N-ethyl adjacent to an activating group) is 1. The van der Waals surface area contributed by atoms with Gasteiger partial charge in [0.15, 0.2) is 13.2 Å². The first kappa shape index (κ1) is 24.5. The Labute approximate surface area is 203 Å². The number of hydrogen-bond acceptors (Lipinski definition) is 7. The van der Waals surface area contributed by atoms with Gasteiger partial charge in [-0.2, -0.15) is 0 Å². The molecule has 2 aromatic carbocycles. The van der Waals surface area contributed by atoms with E-state index in [4.69, 9.17) is 14.6 Å². The summed E-state index contributed by atoms with van der Waals surface area (Å²) in [7, 11) is 1.73. The van der Waals surface area contributed by atoms with Gasteiger partial charge in [0.25, 0.3) is 5.91 Å². The standard InChI is InChI=1S/C25H29N3O7/c1-27(24(31)10-16-5-6-22-20(9-16)26-23(30)14-35-22)21(13-28-8-7-18(29)12-28)17-3-2-4-19(11-17)34-15-25(32)33/h2-6,9,11,18,21,29H,7-8,10,12-15H2,1H3,(H,26,30)(H,32,33)/t18-,21?/m0/s1. The van der Waals surface area contributed by atoms with Crippen LogP contribution in [0, 0.1) is 0 Å². The number of likely N-dealkylation sites (tertiary alicyclic amines) is 1. The normalized spacial score (nSPS) is 18.2. The van der Waals surface area contributed by atoms with Crippen LogP contribution in [0.3, 0.4) is 0 Å². The highest BCUT2D eigenvalue weighted by Crippen LogP contribution is 2.30. The van der Waals surface area contributed by atoms with E-state index in [-0.39, 0.29) is 30.9 Å². The zero-order chi connectivity index (χ0) is 24.9. The van der Waals surface area contributed by atoms with Crippen molar-refractivity contribution in [2.75, 3.05) is 45.2 Å². The van der Waals surface area contributed by atoms with Crippen molar-refractivity contribution in [3.63, 3.8) is 0 Å². The van der Waals surface area contributed by atoms with E-state index in [0.717, 1.165) is 17.7 Å². The molecule has 0 radical (unpaired) electrons. The number of carboxylic acids is 1. The van der Waals surface area contributed by atoms with Gasteiger partial charge >= 0.3 is 5.97 Å². The van der Waals surface area contributed by atoms with Gasteiger partial charge in [-0.25, -0.2) is 4.79 Å². The summed E-state index contributed by atoms with van der Waals surface area (Å²) in [5, 5.41) is 21.6. The largest absolute Gasteiger partial charge is 0.482 e. The van der Waals surface area contributed by atoms with Gasteiger partial charge in [-0.05, 0) is 41.8 Å². The number of β-amino-alcohol motifs (C(OH)–C–C–N with tert-alkyl or cyclic N) is 1. The summed E-state index contributed by atoms with van der Waals surface area (Å²) in [6, 6.07) is 12.0. The molecule has 35 heavy (non-hydrogen) atoms. The van der Waals surface area contributed by atoms with Gasteiger partial charge in [-0.15, -0.1) is 0 Å². The third kappa shape index (κ3) is 6.28. The smallest absolute Gasteiger partial charge is 0.341 e. The molecule has 0 saturated carbocycles. The maximum absolute atomic E-state index is 13.3. The summed E-state index contributed by atoms with van der Waals surface area (Å²) in [6.07, 6.45) is 0.401. The molecule has 0 spiro atoms. The molecule has 10 nitrogen and oxygen atoms in total. The molecule has 2 aromatic rings. The molecule has 0 bridgehead atoms. The van der Waals surface area contributed by atoms with Gasteiger partial charge in [-0.1, -0.05) is 18.2 Å². The zero-order valence-electron chi connectivity index (χ0n) is 19.5. The Morgan fingerprint density at radius 2 is 2.11 bits per heavy atom. The highest BCUT2D eigenvalue weighted by molar-refractivity contribution is 5.95. The van der Waals surface area contributed by atoms with Crippen LogP contribution in [0.2, 0.25) is 0 Å². The highest BCUT2D eigenvalue weighted by atomic mass is 16.5. The van der Waals surface area contributed by atoms with Crippen molar-refractivity contribution in [1.82, 2.24) is 9.80 Å². The van der Waals surface area contributed by atoms with Crippen LogP contribution in [0.25, 0.3) is 0 Å². The molecule has 1 fully saturated rings. The van der Waals surface area contributed by atoms with Crippen LogP contribution in [0.5, 0.6) is 11.5 Å². The second-order valence-corrected chi connectivity index (χ2v) is 8.82. The van der Waals surface area contributed by atoms with E-state index < -0.39 is 18.7 Å². The molecule has 2 aliphatic heterocycles. The van der Waals surface area contributed by atoms with Crippen LogP contribution in [-0.4, -0.2) is 83.8 Å². The Kier molecular flexibility index (Phi) is 7.52. The second-order valence-electron chi connectivity index (χ2n) is 8.82. The molecule has 186 valence electrons. The van der Waals surface area contributed by atoms with Crippen molar-refractivity contribution in [3.05, 3.63) is 53.6 Å². The van der Waals surface area contributed by atoms with Crippen LogP contribution < -0.4 is 14.8 Å². The van der Waals surface area contributed by atoms with Crippen molar-refractivity contribution in [3.8, 4) is 11.5 Å². The third-order valence-corrected chi connectivity index (χ3v) is 6.18. The summed E-state index contributed by atoms with van der Waals surface area (Å²) in [6.45, 7) is 1.27. The monoisotopic (exact) mass is 483 g/mol. The molecule has 4 rings (SSSR count). The van der Waals surface area contributed by atoms with Crippen molar-refractivity contribution in [1.29, 1.82) is 0 Å². The maximum atomic E-state index is 13.3. The fraction of sp³-hybridized carbons (Fsp3) is 0.400. The Morgan fingerprint density at radius 3 is 2.86 bits per heavy atom. The number of ether oxygens (including phenoxy) is 2. The molecule has 2 heterocycles. The third-order valence-electron chi connectivity index (χ3n) is 6.18. The number of aliphatic hydroxyl groups excluding tert-OH is 1. The molecule has 1 unspecified atom stereocenters. The summed E-state index contributed by atoms with van der Waals surface area (Å²) >= 11 is 0. The van der Waals surface area contributed by atoms with Gasteiger partial charge in [0.2, 0.25) is 5.91 Å². The van der Waals surface area contributed by atoms with Crippen molar-refractivity contribution < 1.29 is 34.1 Å². The Balaban J connectivity index is 1.53. The molecule has 10 heteroatoms. The van der Waals surface area contributed by atoms with E-state index >= 15 is 0 Å². The molecule has 3 N–H and O–H groups in total. The number of aliphatic carboxylic acids is 1. The summed E-state index contributed by atoms with van der Waals surface area (Å²) in [5.41, 5.74) is 2.08. The number of anilines is 1. The Morgan fingerprint density at radius 1 is 1.29 bits per heavy atom. The fourth-order valence-corrected chi connectivity index (χ4v) is 4.34. The lowest BCUT2D eigenvalue weighted by molar-refractivity contribution is -0.139. The number of nitrogens with zero attached hydrogens (tertiary/aromatic N) is 2. The van der Waals surface area contributed by atoms with E-state index in [1.165, 1.54) is 0 Å². The first-order valence-corrected chi connectivity index (χ1v) is 11.4. The van der Waals surface area contributed by atoms with Gasteiger partial charge in [0.1, 0.15) is 11.5 Å². The van der Waals surface area contributed by atoms with E-state index in [2.05, 4.69) is 10.2 Å². The number of fused-ring (bicyclic) bond motifs is 1. The first-order chi connectivity index (χ1) is 16.8. The number of aliphatic hydroxyl groups is 1. The van der Waals surface area contributed by atoms with Crippen LogP contribution in [-0.2, 0) is 20.8 Å². The van der Waals surface area contributed by atoms with E-state index in [9.17, 15) is 19.5 Å². The minimum Gasteiger partial charge on any atom is -0.482 e. The quantitative estimate of drug-likeness (QED) is 0.487. The number of carboxylic acid groups (broad SMARTS) is 1. The predicted octanol–water partition coefficient (Wildman–Crippen LogP) is 1.29. The van der Waals surface area contributed by atoms with E-state index in [0.29, 0.717) is 36.7 Å². The molecule has 2 atom stereocenters. The van der Waals surface area contributed by atoms with E-state index in [1.807, 2.05) is 6.07 Å². The van der Waals surface area contributed by atoms with Gasteiger partial charge < -0.3 is 29.9 Å². The maximum Gasteiger partial charge on any atom is 0.341 e. The van der Waals surface area contributed by atoms with Crippen molar-refractivity contribution in [2.45, 2.75) is 25.0 Å². The van der Waals surface area contributed by atoms with Gasteiger partial charge in [0.05, 0.1) is 24.3 Å². The predicted molar refractivity (Wildman–Crippen MR) is 126 cm³/mol.